The van der Waals surface area contributed by atoms with E-state index in [1.807, 2.05) is 13.8 Å². The monoisotopic (exact) mass is 1140 g/mol. The van der Waals surface area contributed by atoms with Gasteiger partial charge in [-0.2, -0.15) is 13.2 Å². The minimum absolute atomic E-state index is 0.0351. The first-order valence-electron chi connectivity index (χ1n) is 25.7. The molecule has 27 atom stereocenters. The molecular weight excluding hydrogens is 1050 g/mol. The first-order chi connectivity index (χ1) is 35.6. The van der Waals surface area contributed by atoms with E-state index in [4.69, 9.17) is 61.3 Å². The molecule has 0 aromatic rings. The van der Waals surface area contributed by atoms with Crippen molar-refractivity contribution < 1.29 is 119 Å². The molecular formula is C46H94F5N7O19. The molecule has 31 heteroatoms. The Labute approximate surface area is 445 Å². The normalized spacial score (nSPS) is 46.9. The molecule has 77 heavy (non-hydrogen) atoms. The van der Waals surface area contributed by atoms with Gasteiger partial charge in [-0.1, -0.05) is 0 Å². The molecule has 0 saturated carbocycles. The molecule has 7 rings (SSSR count). The van der Waals surface area contributed by atoms with Gasteiger partial charge in [0.05, 0.1) is 101 Å². The summed E-state index contributed by atoms with van der Waals surface area (Å²) < 4.78 is 62.4. The lowest BCUT2D eigenvalue weighted by atomic mass is 9.91. The van der Waals surface area contributed by atoms with E-state index in [2.05, 4.69) is 37.2 Å². The fourth-order valence-corrected chi connectivity index (χ4v) is 9.77. The first kappa shape index (κ1) is 73.6. The quantitative estimate of drug-likeness (QED) is 0.0953. The molecule has 26 nitrogen and oxygen atoms in total. The van der Waals surface area contributed by atoms with E-state index in [9.17, 15) is 57.7 Å². The second kappa shape index (κ2) is 32.5. The molecule has 0 bridgehead atoms. The van der Waals surface area contributed by atoms with Gasteiger partial charge in [0.15, 0.2) is 0 Å². The summed E-state index contributed by atoms with van der Waals surface area (Å²) in [6, 6.07) is -5.59. The highest BCUT2D eigenvalue weighted by Crippen LogP contribution is 2.40. The Bertz CT molecular complexity index is 1600. The average Bonchev–Trinajstić information content (AvgIpc) is 4.19. The van der Waals surface area contributed by atoms with Gasteiger partial charge in [-0.05, 0) is 61.8 Å². The third-order valence-corrected chi connectivity index (χ3v) is 15.7. The van der Waals surface area contributed by atoms with Crippen LogP contribution < -0.4 is 37.2 Å². The number of nitrogens with one attached hydrogen (secondary N) is 7. The van der Waals surface area contributed by atoms with E-state index in [-0.39, 0.29) is 107 Å². The zero-order valence-electron chi connectivity index (χ0n) is 44.8. The number of alkyl halides is 5. The van der Waals surface area contributed by atoms with E-state index >= 15 is 0 Å². The van der Waals surface area contributed by atoms with Crippen LogP contribution in [0.3, 0.4) is 0 Å². The van der Waals surface area contributed by atoms with Gasteiger partial charge in [0.1, 0.15) is 48.5 Å². The molecule has 0 aliphatic carbocycles. The zero-order chi connectivity index (χ0) is 59.9. The predicted octanol–water partition coefficient (Wildman–Crippen LogP) is -9.66. The summed E-state index contributed by atoms with van der Waals surface area (Å²) in [4.78, 5) is 0. The summed E-state index contributed by atoms with van der Waals surface area (Å²) in [6.07, 6.45) is -13.2. The number of hydrogen-bond acceptors (Lipinski definition) is 26. The summed E-state index contributed by atoms with van der Waals surface area (Å²) >= 11 is 0. The maximum absolute atomic E-state index is 12.7. The van der Waals surface area contributed by atoms with Crippen molar-refractivity contribution in [2.75, 3.05) is 59.5 Å². The van der Waals surface area contributed by atoms with Gasteiger partial charge in [0.25, 0.3) is 0 Å². The number of hydrogen-bond donors (Lipinski definition) is 26. The summed E-state index contributed by atoms with van der Waals surface area (Å²) in [6.45, 7) is 10.7. The smallest absolute Gasteiger partial charge is 0.396 e. The lowest BCUT2D eigenvalue weighted by Crippen LogP contribution is -2.59. The standard InChI is InChI=1S/C7H12F3NO3.C7H14FNO3.2C7H15NO3.C6H12FNO2.C6H13NO3.C6H13NO2/c1-3-6(14,7(8,9)10)5(13)4(2-12)11-3;1-4-7(12,3-8)6(11)5(2-10)9-4;1-4-7(2,11)6(10)5(3-9)8-4;1-4-7(11)5(2-9)6(3-10)8-4;1-3-5(7)6(10)4(2-9)8-3;1-3-5(9)6(10)4(2-8)7-3;1-4-6(9)2-5(3-8)7-4/h3-5,11-14H,2H2,1H3;4-6,9-12H,2-3H2,1H3;4-6,8-11H,3H2,1-2H3;4-11H,2-3H2,1H3;3-6,8-10H,2H2,1H3;3-10H,2H2,1H3;4-9H,2-3H2,1H3/t3-,4+,5+,6-;3*4-,5+,6+,7-;2*3-,4+,5-,6+;4-,5-,6+/m0000000/s1. The lowest BCUT2D eigenvalue weighted by molar-refractivity contribution is -0.286. The molecule has 7 saturated heterocycles. The molecule has 0 aromatic carbocycles. The number of halogens is 5. The largest absolute Gasteiger partial charge is 0.421 e. The molecule has 7 aliphatic heterocycles. The van der Waals surface area contributed by atoms with Gasteiger partial charge in [-0.15, -0.1) is 0 Å². The third-order valence-electron chi connectivity index (χ3n) is 15.7. The minimum Gasteiger partial charge on any atom is -0.396 e. The van der Waals surface area contributed by atoms with Crippen LogP contribution in [0.4, 0.5) is 22.0 Å². The van der Waals surface area contributed by atoms with Crippen LogP contribution in [0.15, 0.2) is 0 Å². The van der Waals surface area contributed by atoms with Crippen molar-refractivity contribution in [1.29, 1.82) is 0 Å². The van der Waals surface area contributed by atoms with Crippen LogP contribution in [-0.4, -0.2) is 319 Å². The van der Waals surface area contributed by atoms with E-state index in [1.54, 1.807) is 34.6 Å². The number of aliphatic hydroxyl groups excluding tert-OH is 16. The van der Waals surface area contributed by atoms with Crippen molar-refractivity contribution in [1.82, 2.24) is 37.2 Å². The van der Waals surface area contributed by atoms with Crippen LogP contribution in [0.2, 0.25) is 0 Å². The molecule has 0 unspecified atom stereocenters. The summed E-state index contributed by atoms with van der Waals surface area (Å²) in [5.41, 5.74) is -6.08. The number of aliphatic hydroxyl groups is 19. The second-order valence-corrected chi connectivity index (χ2v) is 21.2. The molecule has 7 aliphatic rings. The molecule has 7 fully saturated rings. The molecule has 0 amide bonds. The van der Waals surface area contributed by atoms with Crippen molar-refractivity contribution in [3.05, 3.63) is 0 Å². The second-order valence-electron chi connectivity index (χ2n) is 21.2. The van der Waals surface area contributed by atoms with Crippen molar-refractivity contribution in [2.24, 2.45) is 5.92 Å². The van der Waals surface area contributed by atoms with Crippen LogP contribution in [0.1, 0.15) is 61.8 Å². The Morgan fingerprint density at radius 3 is 1.09 bits per heavy atom. The zero-order valence-corrected chi connectivity index (χ0v) is 44.8. The van der Waals surface area contributed by atoms with Gasteiger partial charge in [0.2, 0.25) is 5.60 Å². The maximum Gasteiger partial charge on any atom is 0.421 e. The highest BCUT2D eigenvalue weighted by Gasteiger charge is 2.67. The fourth-order valence-electron chi connectivity index (χ4n) is 9.77. The topological polar surface area (TPSA) is 469 Å². The third kappa shape index (κ3) is 18.3. The summed E-state index contributed by atoms with van der Waals surface area (Å²) in [5.74, 6) is -0.227. The molecule has 462 valence electrons. The highest BCUT2D eigenvalue weighted by molar-refractivity contribution is 5.12. The predicted molar refractivity (Wildman–Crippen MR) is 265 cm³/mol. The Hall–Kier alpha value is -1.39. The van der Waals surface area contributed by atoms with E-state index in [0.717, 1.165) is 6.92 Å². The number of rotatable bonds is 9. The van der Waals surface area contributed by atoms with Crippen LogP contribution in [-0.2, 0) is 0 Å². The first-order valence-corrected chi connectivity index (χ1v) is 25.7. The lowest BCUT2D eigenvalue weighted by Gasteiger charge is -2.32. The Morgan fingerprint density at radius 1 is 0.442 bits per heavy atom. The van der Waals surface area contributed by atoms with Crippen LogP contribution in [0.25, 0.3) is 0 Å². The van der Waals surface area contributed by atoms with E-state index in [1.165, 1.54) is 0 Å². The van der Waals surface area contributed by atoms with Gasteiger partial charge in [-0.25, -0.2) is 8.78 Å². The summed E-state index contributed by atoms with van der Waals surface area (Å²) in [7, 11) is 0. The molecule has 0 spiro atoms. The minimum atomic E-state index is -4.93. The van der Waals surface area contributed by atoms with Gasteiger partial charge < -0.3 is 134 Å². The Kier molecular flexibility index (Phi) is 31.0. The maximum atomic E-state index is 12.7. The highest BCUT2D eigenvalue weighted by atomic mass is 19.4. The molecule has 0 radical (unpaired) electrons. The fraction of sp³-hybridized carbons (Fsp3) is 1.00. The van der Waals surface area contributed by atoms with Gasteiger partial charge in [-0.3, -0.25) is 0 Å². The van der Waals surface area contributed by atoms with E-state index in [0.29, 0.717) is 6.42 Å². The SMILES string of the molecule is C[C@@H]1N[C@H](CO)C[C@H]1O.C[C@@H]1N[C@H](CO)[C@@H](CO)[C@H]1O.C[C@@H]1N[C@H](CO)[C@@H](O)[C@@]1(C)O.C[C@@H]1N[C@H](CO)[C@@H](O)[C@H]1F.C[C@@H]1N[C@H](CO)[C@@H](O)[C@H]1O.C[C@@H]1N[C@H](CO)[C@@H](O)[C@]1(O)C(F)(F)F.C[C@@H]1N[C@H](CO)[C@@H](O)[C@]1(O)CF. The van der Waals surface area contributed by atoms with Crippen molar-refractivity contribution in [3.8, 4) is 0 Å². The van der Waals surface area contributed by atoms with Gasteiger partial charge >= 0.3 is 6.18 Å². The van der Waals surface area contributed by atoms with Gasteiger partial charge in [0, 0.05) is 66.9 Å². The average molecular weight is 1140 g/mol. The van der Waals surface area contributed by atoms with Crippen LogP contribution >= 0.6 is 0 Å². The van der Waals surface area contributed by atoms with Crippen LogP contribution in [0, 0.1) is 5.92 Å². The Morgan fingerprint density at radius 2 is 0.857 bits per heavy atom. The van der Waals surface area contributed by atoms with Crippen LogP contribution in [0.5, 0.6) is 0 Å². The Balaban J connectivity index is 0.000000451. The van der Waals surface area contributed by atoms with E-state index < -0.39 is 121 Å². The van der Waals surface area contributed by atoms with Crippen molar-refractivity contribution in [3.63, 3.8) is 0 Å². The molecule has 7 heterocycles. The molecule has 26 N–H and O–H groups in total. The summed E-state index contributed by atoms with van der Waals surface area (Å²) in [5, 5.41) is 191. The molecule has 0 aromatic heterocycles. The van der Waals surface area contributed by atoms with Crippen molar-refractivity contribution in [2.45, 2.75) is 224 Å². The van der Waals surface area contributed by atoms with Crippen molar-refractivity contribution >= 4 is 0 Å².